The second-order valence-electron chi connectivity index (χ2n) is 4.10. The van der Waals surface area contributed by atoms with Crippen LogP contribution in [0.15, 0.2) is 22.7 Å². The van der Waals surface area contributed by atoms with Crippen molar-refractivity contribution in [3.63, 3.8) is 0 Å². The molecule has 0 aliphatic rings. The molecule has 0 bridgehead atoms. The lowest BCUT2D eigenvalue weighted by Gasteiger charge is -2.15. The summed E-state index contributed by atoms with van der Waals surface area (Å²) in [7, 11) is 1.67. The van der Waals surface area contributed by atoms with Gasteiger partial charge in [0, 0.05) is 25.3 Å². The molecule has 3 nitrogen and oxygen atoms in total. The fourth-order valence-corrected chi connectivity index (χ4v) is 1.92. The monoisotopic (exact) mass is 301 g/mol. The summed E-state index contributed by atoms with van der Waals surface area (Å²) in [4.78, 5) is 0. The van der Waals surface area contributed by atoms with E-state index < -0.39 is 0 Å². The third-order valence-corrected chi connectivity index (χ3v) is 2.91. The normalized spacial score (nSPS) is 10.9. The number of nitrogens with one attached hydrogen (secondary N) is 1. The van der Waals surface area contributed by atoms with E-state index in [1.807, 2.05) is 12.1 Å². The maximum absolute atomic E-state index is 5.73. The van der Waals surface area contributed by atoms with Gasteiger partial charge in [-0.3, -0.25) is 0 Å². The molecule has 0 aliphatic carbocycles. The number of methoxy groups -OCH3 is 1. The van der Waals surface area contributed by atoms with Gasteiger partial charge in [-0.15, -0.1) is 0 Å². The zero-order chi connectivity index (χ0) is 12.7. The standard InChI is InChI=1S/C13H20BrNO2/c1-10(2)15-9-11-5-4-6-12(14)13(11)17-8-7-16-3/h4-6,10,15H,7-9H2,1-3H3. The summed E-state index contributed by atoms with van der Waals surface area (Å²) in [6.07, 6.45) is 0. The van der Waals surface area contributed by atoms with Gasteiger partial charge in [0.15, 0.2) is 0 Å². The third-order valence-electron chi connectivity index (χ3n) is 2.28. The fourth-order valence-electron chi connectivity index (χ4n) is 1.40. The summed E-state index contributed by atoms with van der Waals surface area (Å²) in [5, 5.41) is 3.39. The zero-order valence-corrected chi connectivity index (χ0v) is 12.2. The molecule has 0 saturated carbocycles. The molecule has 0 spiro atoms. The van der Waals surface area contributed by atoms with Gasteiger partial charge in [-0.2, -0.15) is 0 Å². The highest BCUT2D eigenvalue weighted by atomic mass is 79.9. The molecule has 0 atom stereocenters. The molecule has 0 aliphatic heterocycles. The Balaban J connectivity index is 2.69. The average molecular weight is 302 g/mol. The van der Waals surface area contributed by atoms with E-state index in [2.05, 4.69) is 41.2 Å². The summed E-state index contributed by atoms with van der Waals surface area (Å²) in [5.41, 5.74) is 1.16. The summed E-state index contributed by atoms with van der Waals surface area (Å²) >= 11 is 3.51. The first-order valence-electron chi connectivity index (χ1n) is 5.77. The van der Waals surface area contributed by atoms with Crippen LogP contribution in [0, 0.1) is 0 Å². The van der Waals surface area contributed by atoms with Crippen molar-refractivity contribution in [1.82, 2.24) is 5.32 Å². The molecule has 0 heterocycles. The molecule has 17 heavy (non-hydrogen) atoms. The Bertz CT molecular complexity index is 342. The third kappa shape index (κ3) is 5.06. The molecule has 1 N–H and O–H groups in total. The predicted molar refractivity (Wildman–Crippen MR) is 73.5 cm³/mol. The first kappa shape index (κ1) is 14.5. The number of benzene rings is 1. The van der Waals surface area contributed by atoms with Crippen LogP contribution in [-0.4, -0.2) is 26.4 Å². The van der Waals surface area contributed by atoms with Crippen LogP contribution >= 0.6 is 15.9 Å². The van der Waals surface area contributed by atoms with Gasteiger partial charge in [0.1, 0.15) is 12.4 Å². The Hall–Kier alpha value is -0.580. The Morgan fingerprint density at radius 1 is 1.29 bits per heavy atom. The lowest BCUT2D eigenvalue weighted by molar-refractivity contribution is 0.145. The Labute approximate surface area is 112 Å². The van der Waals surface area contributed by atoms with Crippen molar-refractivity contribution in [3.05, 3.63) is 28.2 Å². The minimum absolute atomic E-state index is 0.459. The molecule has 96 valence electrons. The van der Waals surface area contributed by atoms with Crippen molar-refractivity contribution in [1.29, 1.82) is 0 Å². The van der Waals surface area contributed by atoms with Gasteiger partial charge in [-0.1, -0.05) is 26.0 Å². The summed E-state index contributed by atoms with van der Waals surface area (Å²) < 4.78 is 11.7. The van der Waals surface area contributed by atoms with E-state index in [1.165, 1.54) is 0 Å². The maximum Gasteiger partial charge on any atom is 0.138 e. The molecule has 0 aromatic heterocycles. The van der Waals surface area contributed by atoms with Gasteiger partial charge in [0.25, 0.3) is 0 Å². The number of halogens is 1. The van der Waals surface area contributed by atoms with Crippen molar-refractivity contribution < 1.29 is 9.47 Å². The van der Waals surface area contributed by atoms with Crippen molar-refractivity contribution in [2.24, 2.45) is 0 Å². The van der Waals surface area contributed by atoms with Crippen LogP contribution in [0.25, 0.3) is 0 Å². The number of hydrogen-bond donors (Lipinski definition) is 1. The number of para-hydroxylation sites is 1. The molecule has 1 aromatic carbocycles. The molecule has 1 aromatic rings. The number of hydrogen-bond acceptors (Lipinski definition) is 3. The zero-order valence-electron chi connectivity index (χ0n) is 10.6. The van der Waals surface area contributed by atoms with Crippen LogP contribution in [-0.2, 0) is 11.3 Å². The van der Waals surface area contributed by atoms with Crippen molar-refractivity contribution in [2.75, 3.05) is 20.3 Å². The van der Waals surface area contributed by atoms with Crippen molar-refractivity contribution in [3.8, 4) is 5.75 Å². The summed E-state index contributed by atoms with van der Waals surface area (Å²) in [6.45, 7) is 6.22. The molecule has 0 unspecified atom stereocenters. The highest BCUT2D eigenvalue weighted by Crippen LogP contribution is 2.29. The fraction of sp³-hybridized carbons (Fsp3) is 0.538. The Morgan fingerprint density at radius 3 is 2.71 bits per heavy atom. The molecular weight excluding hydrogens is 282 g/mol. The lowest BCUT2D eigenvalue weighted by atomic mass is 10.2. The molecule has 0 saturated heterocycles. The van der Waals surface area contributed by atoms with E-state index in [0.717, 1.165) is 22.3 Å². The van der Waals surface area contributed by atoms with E-state index in [-0.39, 0.29) is 0 Å². The van der Waals surface area contributed by atoms with Crippen LogP contribution in [0.1, 0.15) is 19.4 Å². The van der Waals surface area contributed by atoms with Crippen LogP contribution in [0.3, 0.4) is 0 Å². The predicted octanol–water partition coefficient (Wildman–Crippen LogP) is 2.97. The van der Waals surface area contributed by atoms with Gasteiger partial charge in [-0.25, -0.2) is 0 Å². The maximum atomic E-state index is 5.73. The van der Waals surface area contributed by atoms with Crippen molar-refractivity contribution in [2.45, 2.75) is 26.4 Å². The van der Waals surface area contributed by atoms with Crippen LogP contribution in [0.2, 0.25) is 0 Å². The van der Waals surface area contributed by atoms with E-state index in [9.17, 15) is 0 Å². The van der Waals surface area contributed by atoms with Gasteiger partial charge in [-0.05, 0) is 22.0 Å². The smallest absolute Gasteiger partial charge is 0.138 e. The van der Waals surface area contributed by atoms with Crippen LogP contribution in [0.5, 0.6) is 5.75 Å². The van der Waals surface area contributed by atoms with Gasteiger partial charge < -0.3 is 14.8 Å². The van der Waals surface area contributed by atoms with Gasteiger partial charge >= 0.3 is 0 Å². The summed E-state index contributed by atoms with van der Waals surface area (Å²) in [5.74, 6) is 0.901. The molecule has 1 rings (SSSR count). The second kappa shape index (κ2) is 7.69. The van der Waals surface area contributed by atoms with Gasteiger partial charge in [0.2, 0.25) is 0 Å². The highest BCUT2D eigenvalue weighted by Gasteiger charge is 2.08. The minimum atomic E-state index is 0.459. The van der Waals surface area contributed by atoms with E-state index in [4.69, 9.17) is 9.47 Å². The lowest BCUT2D eigenvalue weighted by Crippen LogP contribution is -2.22. The molecule has 0 radical (unpaired) electrons. The summed E-state index contributed by atoms with van der Waals surface area (Å²) in [6, 6.07) is 6.54. The average Bonchev–Trinajstić information content (AvgIpc) is 2.29. The Kier molecular flexibility index (Phi) is 6.55. The van der Waals surface area contributed by atoms with Gasteiger partial charge in [0.05, 0.1) is 11.1 Å². The molecule has 0 fully saturated rings. The molecule has 0 amide bonds. The Morgan fingerprint density at radius 2 is 2.06 bits per heavy atom. The first-order chi connectivity index (χ1) is 8.15. The number of rotatable bonds is 7. The molecular formula is C13H20BrNO2. The van der Waals surface area contributed by atoms with E-state index in [1.54, 1.807) is 7.11 Å². The van der Waals surface area contributed by atoms with Crippen LogP contribution < -0.4 is 10.1 Å². The topological polar surface area (TPSA) is 30.5 Å². The van der Waals surface area contributed by atoms with E-state index >= 15 is 0 Å². The largest absolute Gasteiger partial charge is 0.490 e. The van der Waals surface area contributed by atoms with E-state index in [0.29, 0.717) is 19.3 Å². The van der Waals surface area contributed by atoms with Crippen molar-refractivity contribution >= 4 is 15.9 Å². The SMILES string of the molecule is COCCOc1c(Br)cccc1CNC(C)C. The van der Waals surface area contributed by atoms with Crippen LogP contribution in [0.4, 0.5) is 0 Å². The molecule has 4 heteroatoms. The highest BCUT2D eigenvalue weighted by molar-refractivity contribution is 9.10. The quantitative estimate of drug-likeness (QED) is 0.786. The minimum Gasteiger partial charge on any atom is -0.490 e. The number of ether oxygens (including phenoxy) is 2. The first-order valence-corrected chi connectivity index (χ1v) is 6.57. The second-order valence-corrected chi connectivity index (χ2v) is 4.96.